The van der Waals surface area contributed by atoms with E-state index in [1.807, 2.05) is 6.92 Å². The molecule has 2 heterocycles. The molecule has 96 valence electrons. The summed E-state index contributed by atoms with van der Waals surface area (Å²) in [6.45, 7) is 3.95. The van der Waals surface area contributed by atoms with Gasteiger partial charge in [-0.05, 0) is 13.3 Å². The summed E-state index contributed by atoms with van der Waals surface area (Å²) in [6, 6.07) is 1.26. The maximum atomic E-state index is 11.7. The highest BCUT2D eigenvalue weighted by atomic mass is 35.5. The maximum absolute atomic E-state index is 11.7. The molecule has 0 atom stereocenters. The topological polar surface area (TPSA) is 73.8 Å². The number of aryl methyl sites for hydroxylation is 2. The molecule has 7 heteroatoms. The molecule has 0 N–H and O–H groups in total. The first kappa shape index (κ1) is 12.8. The molecule has 0 saturated carbocycles. The first-order chi connectivity index (χ1) is 8.60. The lowest BCUT2D eigenvalue weighted by Gasteiger charge is -2.05. The number of halogens is 1. The van der Waals surface area contributed by atoms with E-state index in [0.29, 0.717) is 17.5 Å². The van der Waals surface area contributed by atoms with E-state index in [1.165, 1.54) is 10.6 Å². The fraction of sp³-hybridized carbons (Fsp3) is 0.455. The second-order valence-corrected chi connectivity index (χ2v) is 4.29. The molecule has 18 heavy (non-hydrogen) atoms. The molecule has 0 fully saturated rings. The summed E-state index contributed by atoms with van der Waals surface area (Å²) < 4.78 is 6.52. The number of aromatic nitrogens is 4. The molecule has 0 unspecified atom stereocenters. The van der Waals surface area contributed by atoms with Crippen molar-refractivity contribution in [1.29, 1.82) is 0 Å². The highest BCUT2D eigenvalue weighted by Crippen LogP contribution is 2.05. The highest BCUT2D eigenvalue weighted by molar-refractivity contribution is 6.29. The van der Waals surface area contributed by atoms with Crippen molar-refractivity contribution in [1.82, 2.24) is 19.7 Å². The Kier molecular flexibility index (Phi) is 3.76. The molecule has 0 aliphatic rings. The van der Waals surface area contributed by atoms with Crippen molar-refractivity contribution in [2.24, 2.45) is 0 Å². The van der Waals surface area contributed by atoms with Crippen LogP contribution in [-0.4, -0.2) is 19.7 Å². The molecule has 0 amide bonds. The number of rotatable bonds is 4. The zero-order valence-corrected chi connectivity index (χ0v) is 10.9. The van der Waals surface area contributed by atoms with Crippen LogP contribution in [0.1, 0.15) is 30.9 Å². The molecule has 0 bridgehead atoms. The van der Waals surface area contributed by atoms with Gasteiger partial charge in [-0.25, -0.2) is 4.98 Å². The van der Waals surface area contributed by atoms with Crippen LogP contribution in [0.2, 0.25) is 5.15 Å². The van der Waals surface area contributed by atoms with Gasteiger partial charge in [0.2, 0.25) is 5.89 Å². The maximum Gasteiger partial charge on any atom is 0.255 e. The molecule has 0 spiro atoms. The Balaban J connectivity index is 2.25. The van der Waals surface area contributed by atoms with Crippen LogP contribution >= 0.6 is 11.6 Å². The van der Waals surface area contributed by atoms with Crippen molar-refractivity contribution >= 4 is 11.6 Å². The van der Waals surface area contributed by atoms with Gasteiger partial charge in [0.05, 0.1) is 0 Å². The summed E-state index contributed by atoms with van der Waals surface area (Å²) in [7, 11) is 0. The molecule has 0 aromatic carbocycles. The van der Waals surface area contributed by atoms with Crippen molar-refractivity contribution in [3.8, 4) is 0 Å². The third-order valence-electron chi connectivity index (χ3n) is 2.44. The smallest absolute Gasteiger partial charge is 0.255 e. The minimum Gasteiger partial charge on any atom is -0.337 e. The molecule has 2 aromatic rings. The van der Waals surface area contributed by atoms with Crippen molar-refractivity contribution in [3.05, 3.63) is 39.1 Å². The molecule has 0 saturated heterocycles. The first-order valence-electron chi connectivity index (χ1n) is 5.65. The second kappa shape index (κ2) is 5.30. The van der Waals surface area contributed by atoms with E-state index in [1.54, 1.807) is 6.92 Å². The van der Waals surface area contributed by atoms with E-state index < -0.39 is 0 Å². The van der Waals surface area contributed by atoms with Crippen LogP contribution < -0.4 is 5.56 Å². The number of nitrogens with zero attached hydrogens (tertiary/aromatic N) is 4. The Morgan fingerprint density at radius 3 is 2.89 bits per heavy atom. The Bertz CT molecular complexity index is 605. The fourth-order valence-electron chi connectivity index (χ4n) is 1.59. The zero-order chi connectivity index (χ0) is 13.1. The lowest BCUT2D eigenvalue weighted by molar-refractivity contribution is 0.363. The van der Waals surface area contributed by atoms with Crippen LogP contribution in [0.3, 0.4) is 0 Å². The van der Waals surface area contributed by atoms with Crippen molar-refractivity contribution < 1.29 is 4.52 Å². The van der Waals surface area contributed by atoms with Crippen molar-refractivity contribution in [2.75, 3.05) is 0 Å². The molecular weight excluding hydrogens is 256 g/mol. The van der Waals surface area contributed by atoms with Gasteiger partial charge in [-0.3, -0.25) is 9.36 Å². The van der Waals surface area contributed by atoms with E-state index in [0.717, 1.165) is 12.8 Å². The van der Waals surface area contributed by atoms with Crippen LogP contribution in [0.4, 0.5) is 0 Å². The summed E-state index contributed by atoms with van der Waals surface area (Å²) in [6.07, 6.45) is 1.71. The third kappa shape index (κ3) is 2.76. The van der Waals surface area contributed by atoms with Gasteiger partial charge in [-0.15, -0.1) is 0 Å². The van der Waals surface area contributed by atoms with Crippen LogP contribution in [0.25, 0.3) is 0 Å². The van der Waals surface area contributed by atoms with E-state index in [2.05, 4.69) is 15.1 Å². The van der Waals surface area contributed by atoms with E-state index in [4.69, 9.17) is 16.1 Å². The van der Waals surface area contributed by atoms with Crippen LogP contribution in [0.15, 0.2) is 15.4 Å². The van der Waals surface area contributed by atoms with Crippen molar-refractivity contribution in [2.45, 2.75) is 33.2 Å². The van der Waals surface area contributed by atoms with Gasteiger partial charge in [0.1, 0.15) is 17.5 Å². The molecule has 0 radical (unpaired) electrons. The quantitative estimate of drug-likeness (QED) is 0.787. The summed E-state index contributed by atoms with van der Waals surface area (Å²) >= 11 is 5.69. The minimum atomic E-state index is -0.234. The van der Waals surface area contributed by atoms with E-state index in [9.17, 15) is 4.79 Å². The SMILES string of the molecule is CCCc1noc(Cn2c(C)nc(Cl)cc2=O)n1. The largest absolute Gasteiger partial charge is 0.337 e. The summed E-state index contributed by atoms with van der Waals surface area (Å²) in [5.41, 5.74) is -0.234. The lowest BCUT2D eigenvalue weighted by Crippen LogP contribution is -2.23. The number of hydrogen-bond acceptors (Lipinski definition) is 5. The second-order valence-electron chi connectivity index (χ2n) is 3.90. The van der Waals surface area contributed by atoms with Gasteiger partial charge in [-0.2, -0.15) is 4.98 Å². The lowest BCUT2D eigenvalue weighted by atomic mass is 10.3. The average Bonchev–Trinajstić information content (AvgIpc) is 2.72. The summed E-state index contributed by atoms with van der Waals surface area (Å²) in [5, 5.41) is 4.02. The van der Waals surface area contributed by atoms with Gasteiger partial charge >= 0.3 is 0 Å². The highest BCUT2D eigenvalue weighted by Gasteiger charge is 2.10. The number of hydrogen-bond donors (Lipinski definition) is 0. The van der Waals surface area contributed by atoms with Crippen LogP contribution in [0.5, 0.6) is 0 Å². The van der Waals surface area contributed by atoms with Gasteiger partial charge in [-0.1, -0.05) is 23.7 Å². The standard InChI is InChI=1S/C11H13ClN4O2/c1-3-4-9-14-10(18-15-9)6-16-7(2)13-8(12)5-11(16)17/h5H,3-4,6H2,1-2H3. The minimum absolute atomic E-state index is 0.186. The summed E-state index contributed by atoms with van der Waals surface area (Å²) in [4.78, 5) is 20.0. The zero-order valence-electron chi connectivity index (χ0n) is 10.2. The Morgan fingerprint density at radius 1 is 1.44 bits per heavy atom. The third-order valence-corrected chi connectivity index (χ3v) is 2.64. The monoisotopic (exact) mass is 268 g/mol. The fourth-order valence-corrected chi connectivity index (χ4v) is 1.81. The van der Waals surface area contributed by atoms with E-state index in [-0.39, 0.29) is 17.3 Å². The van der Waals surface area contributed by atoms with Gasteiger partial charge < -0.3 is 4.52 Å². The normalized spacial score (nSPS) is 10.8. The molecule has 0 aliphatic heterocycles. The predicted molar refractivity (Wildman–Crippen MR) is 65.6 cm³/mol. The van der Waals surface area contributed by atoms with E-state index >= 15 is 0 Å². The summed E-state index contributed by atoms with van der Waals surface area (Å²) in [5.74, 6) is 1.57. The van der Waals surface area contributed by atoms with Crippen LogP contribution in [-0.2, 0) is 13.0 Å². The molecule has 2 aromatic heterocycles. The van der Waals surface area contributed by atoms with Gasteiger partial charge in [0.25, 0.3) is 5.56 Å². The molecule has 6 nitrogen and oxygen atoms in total. The van der Waals surface area contributed by atoms with Crippen molar-refractivity contribution in [3.63, 3.8) is 0 Å². The van der Waals surface area contributed by atoms with Gasteiger partial charge in [0, 0.05) is 12.5 Å². The Morgan fingerprint density at radius 2 is 2.22 bits per heavy atom. The van der Waals surface area contributed by atoms with Gasteiger partial charge in [0.15, 0.2) is 5.82 Å². The molecule has 0 aliphatic carbocycles. The van der Waals surface area contributed by atoms with Crippen LogP contribution in [0, 0.1) is 6.92 Å². The first-order valence-corrected chi connectivity index (χ1v) is 6.03. The molecular formula is C11H13ClN4O2. The molecule has 2 rings (SSSR count). The average molecular weight is 269 g/mol. The predicted octanol–water partition coefficient (Wildman–Crippen LogP) is 1.59. The Hall–Kier alpha value is -1.69. The Labute approximate surface area is 109 Å².